The molecule has 11 heavy (non-hydrogen) atoms. The first kappa shape index (κ1) is 8.87. The van der Waals surface area contributed by atoms with Crippen molar-refractivity contribution in [3.8, 4) is 0 Å². The summed E-state index contributed by atoms with van der Waals surface area (Å²) in [5, 5.41) is 0. The number of hydrogen-bond acceptors (Lipinski definition) is 2. The topological polar surface area (TPSA) is 18.5 Å². The summed E-state index contributed by atoms with van der Waals surface area (Å²) in [6, 6.07) is 0. The van der Waals surface area contributed by atoms with Crippen LogP contribution in [0.4, 0.5) is 8.78 Å². The Morgan fingerprint density at radius 2 is 2.27 bits per heavy atom. The highest BCUT2D eigenvalue weighted by Gasteiger charge is 2.47. The number of methoxy groups -OCH3 is 1. The minimum atomic E-state index is -2.68. The minimum absolute atomic E-state index is 0.220. The van der Waals surface area contributed by atoms with Gasteiger partial charge in [-0.1, -0.05) is 0 Å². The third-order valence-electron chi connectivity index (χ3n) is 1.84. The zero-order valence-corrected chi connectivity index (χ0v) is 6.64. The molecular weight excluding hydrogens is 154 g/mol. The normalized spacial score (nSPS) is 36.0. The smallest absolute Gasteiger partial charge is 0.276 e. The fourth-order valence-corrected chi connectivity index (χ4v) is 1.19. The summed E-state index contributed by atoms with van der Waals surface area (Å²) in [5.74, 6) is -2.68. The SMILES string of the molecule is COC[C@@H]1CC(F)(F)C(C)O1. The molecule has 0 aromatic heterocycles. The predicted molar refractivity (Wildman–Crippen MR) is 35.8 cm³/mol. The van der Waals surface area contributed by atoms with Gasteiger partial charge in [-0.05, 0) is 6.92 Å². The van der Waals surface area contributed by atoms with Gasteiger partial charge < -0.3 is 9.47 Å². The number of ether oxygens (including phenoxy) is 2. The highest BCUT2D eigenvalue weighted by Crippen LogP contribution is 2.35. The molecule has 2 nitrogen and oxygen atoms in total. The quantitative estimate of drug-likeness (QED) is 0.618. The van der Waals surface area contributed by atoms with Gasteiger partial charge in [-0.2, -0.15) is 0 Å². The van der Waals surface area contributed by atoms with E-state index < -0.39 is 18.1 Å². The van der Waals surface area contributed by atoms with E-state index in [2.05, 4.69) is 0 Å². The maximum atomic E-state index is 12.7. The number of halogens is 2. The van der Waals surface area contributed by atoms with Crippen LogP contribution in [0.5, 0.6) is 0 Å². The van der Waals surface area contributed by atoms with Gasteiger partial charge in [0.05, 0.1) is 12.7 Å². The Kier molecular flexibility index (Phi) is 2.44. The molecule has 1 fully saturated rings. The average Bonchev–Trinajstić information content (AvgIpc) is 2.08. The summed E-state index contributed by atoms with van der Waals surface area (Å²) in [4.78, 5) is 0. The fraction of sp³-hybridized carbons (Fsp3) is 1.00. The van der Waals surface area contributed by atoms with Crippen LogP contribution < -0.4 is 0 Å². The maximum Gasteiger partial charge on any atom is 0.276 e. The summed E-state index contributed by atoms with van der Waals surface area (Å²) in [6.45, 7) is 1.63. The lowest BCUT2D eigenvalue weighted by Crippen LogP contribution is -2.24. The Labute approximate surface area is 64.5 Å². The maximum absolute atomic E-state index is 12.7. The summed E-state index contributed by atoms with van der Waals surface area (Å²) in [5.41, 5.74) is 0. The van der Waals surface area contributed by atoms with E-state index in [9.17, 15) is 8.78 Å². The number of rotatable bonds is 2. The van der Waals surface area contributed by atoms with Gasteiger partial charge >= 0.3 is 0 Å². The summed E-state index contributed by atoms with van der Waals surface area (Å²) in [7, 11) is 1.48. The Balaban J connectivity index is 2.43. The molecule has 0 spiro atoms. The summed E-state index contributed by atoms with van der Waals surface area (Å²) < 4.78 is 35.1. The second-order valence-corrected chi connectivity index (χ2v) is 2.82. The van der Waals surface area contributed by atoms with Gasteiger partial charge in [-0.3, -0.25) is 0 Å². The van der Waals surface area contributed by atoms with Crippen LogP contribution in [0.1, 0.15) is 13.3 Å². The molecule has 0 radical (unpaired) electrons. The molecule has 0 saturated carbocycles. The Morgan fingerprint density at radius 1 is 1.64 bits per heavy atom. The summed E-state index contributed by atoms with van der Waals surface area (Å²) >= 11 is 0. The lowest BCUT2D eigenvalue weighted by Gasteiger charge is -2.10. The fourth-order valence-electron chi connectivity index (χ4n) is 1.19. The molecule has 1 heterocycles. The van der Waals surface area contributed by atoms with E-state index in [0.29, 0.717) is 0 Å². The van der Waals surface area contributed by atoms with E-state index in [-0.39, 0.29) is 13.0 Å². The Bertz CT molecular complexity index is 138. The van der Waals surface area contributed by atoms with Crippen LogP contribution >= 0.6 is 0 Å². The zero-order chi connectivity index (χ0) is 8.48. The lowest BCUT2D eigenvalue weighted by molar-refractivity contribution is -0.0692. The van der Waals surface area contributed by atoms with E-state index >= 15 is 0 Å². The minimum Gasteiger partial charge on any atom is -0.382 e. The van der Waals surface area contributed by atoms with Crippen LogP contribution in [0.3, 0.4) is 0 Å². The van der Waals surface area contributed by atoms with Crippen molar-refractivity contribution in [3.05, 3.63) is 0 Å². The van der Waals surface area contributed by atoms with Crippen molar-refractivity contribution in [1.29, 1.82) is 0 Å². The van der Waals surface area contributed by atoms with Crippen molar-refractivity contribution < 1.29 is 18.3 Å². The molecule has 0 bridgehead atoms. The van der Waals surface area contributed by atoms with E-state index in [1.807, 2.05) is 0 Å². The molecule has 1 rings (SSSR count). The second-order valence-electron chi connectivity index (χ2n) is 2.82. The van der Waals surface area contributed by atoms with E-state index in [4.69, 9.17) is 9.47 Å². The first-order valence-corrected chi connectivity index (χ1v) is 3.58. The van der Waals surface area contributed by atoms with Gasteiger partial charge in [0.2, 0.25) is 0 Å². The Hall–Kier alpha value is -0.220. The van der Waals surface area contributed by atoms with Crippen LogP contribution in [0.25, 0.3) is 0 Å². The van der Waals surface area contributed by atoms with Gasteiger partial charge in [0.25, 0.3) is 5.92 Å². The number of hydrogen-bond donors (Lipinski definition) is 0. The third kappa shape index (κ3) is 1.87. The monoisotopic (exact) mass is 166 g/mol. The highest BCUT2D eigenvalue weighted by atomic mass is 19.3. The standard InChI is InChI=1S/C7H12F2O2/c1-5-7(8,9)3-6(11-5)4-10-2/h5-6H,3-4H2,1-2H3/t5?,6-/m0/s1. The average molecular weight is 166 g/mol. The molecule has 0 aromatic rings. The third-order valence-corrected chi connectivity index (χ3v) is 1.84. The first-order valence-electron chi connectivity index (χ1n) is 3.58. The molecule has 0 aliphatic carbocycles. The van der Waals surface area contributed by atoms with Gasteiger partial charge in [0.15, 0.2) is 0 Å². The predicted octanol–water partition coefficient (Wildman–Crippen LogP) is 1.45. The number of alkyl halides is 2. The first-order chi connectivity index (χ1) is 5.06. The molecule has 1 unspecified atom stereocenters. The van der Waals surface area contributed by atoms with Crippen LogP contribution in [0.15, 0.2) is 0 Å². The molecule has 1 aliphatic heterocycles. The molecule has 1 saturated heterocycles. The molecular formula is C7H12F2O2. The van der Waals surface area contributed by atoms with Gasteiger partial charge in [-0.25, -0.2) is 8.78 Å². The van der Waals surface area contributed by atoms with Crippen molar-refractivity contribution in [2.24, 2.45) is 0 Å². The van der Waals surface area contributed by atoms with Crippen LogP contribution in [-0.4, -0.2) is 31.8 Å². The van der Waals surface area contributed by atoms with Gasteiger partial charge in [-0.15, -0.1) is 0 Å². The largest absolute Gasteiger partial charge is 0.382 e. The van der Waals surface area contributed by atoms with E-state index in [0.717, 1.165) is 0 Å². The van der Waals surface area contributed by atoms with Crippen LogP contribution in [-0.2, 0) is 9.47 Å². The lowest BCUT2D eigenvalue weighted by atomic mass is 10.1. The molecule has 2 atom stereocenters. The highest BCUT2D eigenvalue weighted by molar-refractivity contribution is 4.85. The molecule has 0 aromatic carbocycles. The van der Waals surface area contributed by atoms with E-state index in [1.165, 1.54) is 14.0 Å². The van der Waals surface area contributed by atoms with Crippen molar-refractivity contribution >= 4 is 0 Å². The van der Waals surface area contributed by atoms with Gasteiger partial charge in [0.1, 0.15) is 6.10 Å². The second kappa shape index (κ2) is 3.03. The van der Waals surface area contributed by atoms with Crippen molar-refractivity contribution in [1.82, 2.24) is 0 Å². The van der Waals surface area contributed by atoms with Crippen molar-refractivity contribution in [2.75, 3.05) is 13.7 Å². The molecule has 0 N–H and O–H groups in total. The molecule has 1 aliphatic rings. The molecule has 4 heteroatoms. The molecule has 0 amide bonds. The van der Waals surface area contributed by atoms with Crippen LogP contribution in [0, 0.1) is 0 Å². The Morgan fingerprint density at radius 3 is 2.64 bits per heavy atom. The molecule has 66 valence electrons. The van der Waals surface area contributed by atoms with Gasteiger partial charge in [0, 0.05) is 13.5 Å². The van der Waals surface area contributed by atoms with Crippen molar-refractivity contribution in [3.63, 3.8) is 0 Å². The summed E-state index contributed by atoms with van der Waals surface area (Å²) in [6.07, 6.45) is -1.63. The van der Waals surface area contributed by atoms with Crippen molar-refractivity contribution in [2.45, 2.75) is 31.5 Å². The van der Waals surface area contributed by atoms with Crippen LogP contribution in [0.2, 0.25) is 0 Å². The zero-order valence-electron chi connectivity index (χ0n) is 6.64. The van der Waals surface area contributed by atoms with E-state index in [1.54, 1.807) is 0 Å².